The molecule has 0 saturated carbocycles. The Bertz CT molecular complexity index is 650. The second-order valence-corrected chi connectivity index (χ2v) is 4.30. The lowest BCUT2D eigenvalue weighted by atomic mass is 9.94. The van der Waals surface area contributed by atoms with Crippen molar-refractivity contribution in [3.63, 3.8) is 0 Å². The number of aromatic nitrogens is 1. The fraction of sp³-hybridized carbons (Fsp3) is 0.0667. The molecule has 94 valence electrons. The highest BCUT2D eigenvalue weighted by Crippen LogP contribution is 2.39. The fourth-order valence-corrected chi connectivity index (χ4v) is 2.13. The van der Waals surface area contributed by atoms with Crippen LogP contribution in [0.1, 0.15) is 17.0 Å². The van der Waals surface area contributed by atoms with Crippen LogP contribution in [-0.2, 0) is 4.79 Å². The molecule has 1 aromatic heterocycles. The third-order valence-corrected chi connectivity index (χ3v) is 3.09. The number of hydrogen-bond acceptors (Lipinski definition) is 4. The van der Waals surface area contributed by atoms with E-state index in [-0.39, 0.29) is 5.92 Å². The van der Waals surface area contributed by atoms with Crippen molar-refractivity contribution in [3.05, 3.63) is 59.9 Å². The molecule has 3 rings (SSSR count). The summed E-state index contributed by atoms with van der Waals surface area (Å²) in [6, 6.07) is 9.09. The van der Waals surface area contributed by atoms with Gasteiger partial charge in [-0.3, -0.25) is 4.98 Å². The zero-order valence-electron chi connectivity index (χ0n) is 10.1. The molecule has 0 aliphatic carbocycles. The Labute approximate surface area is 110 Å². The number of allylic oxidation sites excluding steroid dienone is 1. The number of carbonyl (C=O) groups excluding carboxylic acids is 1. The molecule has 0 bridgehead atoms. The number of benzene rings is 1. The molecule has 0 fully saturated rings. The number of aldehydes is 1. The van der Waals surface area contributed by atoms with Gasteiger partial charge in [0.1, 0.15) is 12.0 Å². The molecule has 0 radical (unpaired) electrons. The van der Waals surface area contributed by atoms with Crippen LogP contribution in [0, 0.1) is 0 Å². The Morgan fingerprint density at radius 3 is 2.74 bits per heavy atom. The molecule has 0 saturated heterocycles. The lowest BCUT2D eigenvalue weighted by molar-refractivity contribution is -0.108. The fourth-order valence-electron chi connectivity index (χ4n) is 2.13. The van der Waals surface area contributed by atoms with Gasteiger partial charge < -0.3 is 15.3 Å². The van der Waals surface area contributed by atoms with Crippen LogP contribution in [0.15, 0.2) is 48.8 Å². The molecular weight excluding hydrogens is 240 g/mol. The van der Waals surface area contributed by atoms with Gasteiger partial charge in [0.05, 0.1) is 11.6 Å². The first kappa shape index (κ1) is 11.5. The van der Waals surface area contributed by atoms with E-state index in [9.17, 15) is 4.79 Å². The van der Waals surface area contributed by atoms with E-state index in [4.69, 9.17) is 10.5 Å². The molecule has 4 nitrogen and oxygen atoms in total. The second-order valence-electron chi connectivity index (χ2n) is 4.30. The molecule has 1 atom stereocenters. The normalized spacial score (nSPS) is 17.1. The SMILES string of the molecule is Nc1cccc2c1OC(c1ccncc1)=CC2C=O. The smallest absolute Gasteiger partial charge is 0.154 e. The Morgan fingerprint density at radius 2 is 2.00 bits per heavy atom. The Hall–Kier alpha value is -2.62. The Balaban J connectivity index is 2.10. The lowest BCUT2D eigenvalue weighted by Crippen LogP contribution is -2.11. The van der Waals surface area contributed by atoms with Crippen molar-refractivity contribution in [2.45, 2.75) is 5.92 Å². The summed E-state index contributed by atoms with van der Waals surface area (Å²) in [7, 11) is 0. The summed E-state index contributed by atoms with van der Waals surface area (Å²) >= 11 is 0. The minimum absolute atomic E-state index is 0.338. The van der Waals surface area contributed by atoms with Gasteiger partial charge in [0.25, 0.3) is 0 Å². The van der Waals surface area contributed by atoms with Gasteiger partial charge >= 0.3 is 0 Å². The second kappa shape index (κ2) is 4.57. The summed E-state index contributed by atoms with van der Waals surface area (Å²) in [5, 5.41) is 0. The maximum atomic E-state index is 11.3. The van der Waals surface area contributed by atoms with E-state index in [0.29, 0.717) is 17.2 Å². The Morgan fingerprint density at radius 1 is 1.21 bits per heavy atom. The van der Waals surface area contributed by atoms with E-state index in [1.165, 1.54) is 0 Å². The van der Waals surface area contributed by atoms with E-state index in [1.54, 1.807) is 24.5 Å². The third-order valence-electron chi connectivity index (χ3n) is 3.09. The maximum absolute atomic E-state index is 11.3. The van der Waals surface area contributed by atoms with Gasteiger partial charge in [-0.15, -0.1) is 0 Å². The molecule has 0 amide bonds. The molecule has 1 aliphatic heterocycles. The summed E-state index contributed by atoms with van der Waals surface area (Å²) in [5.41, 5.74) is 8.12. The van der Waals surface area contributed by atoms with E-state index >= 15 is 0 Å². The van der Waals surface area contributed by atoms with E-state index in [2.05, 4.69) is 4.98 Å². The van der Waals surface area contributed by atoms with Gasteiger partial charge in [-0.05, 0) is 24.3 Å². The molecule has 2 heterocycles. The zero-order valence-corrected chi connectivity index (χ0v) is 10.1. The third kappa shape index (κ3) is 1.97. The van der Waals surface area contributed by atoms with Crippen LogP contribution >= 0.6 is 0 Å². The molecule has 0 spiro atoms. The first-order chi connectivity index (χ1) is 9.29. The average Bonchev–Trinajstić information content (AvgIpc) is 2.48. The number of carbonyl (C=O) groups is 1. The van der Waals surface area contributed by atoms with Crippen molar-refractivity contribution < 1.29 is 9.53 Å². The first-order valence-electron chi connectivity index (χ1n) is 5.93. The molecule has 1 unspecified atom stereocenters. The van der Waals surface area contributed by atoms with E-state index < -0.39 is 0 Å². The van der Waals surface area contributed by atoms with Crippen LogP contribution in [-0.4, -0.2) is 11.3 Å². The number of para-hydroxylation sites is 1. The van der Waals surface area contributed by atoms with Gasteiger partial charge in [-0.25, -0.2) is 0 Å². The molecule has 19 heavy (non-hydrogen) atoms. The van der Waals surface area contributed by atoms with Crippen LogP contribution in [0.2, 0.25) is 0 Å². The topological polar surface area (TPSA) is 65.2 Å². The highest BCUT2D eigenvalue weighted by molar-refractivity contribution is 5.79. The molecule has 1 aliphatic rings. The van der Waals surface area contributed by atoms with Gasteiger partial charge in [-0.1, -0.05) is 12.1 Å². The van der Waals surface area contributed by atoms with Gasteiger partial charge in [-0.2, -0.15) is 0 Å². The summed E-state index contributed by atoms with van der Waals surface area (Å²) in [4.78, 5) is 15.2. The van der Waals surface area contributed by atoms with Crippen LogP contribution in [0.5, 0.6) is 5.75 Å². The molecule has 1 aromatic carbocycles. The standard InChI is InChI=1S/C15H12N2O2/c16-13-3-1-2-12-11(9-18)8-14(19-15(12)13)10-4-6-17-7-5-10/h1-9,11H,16H2. The number of nitrogens with two attached hydrogens (primary N) is 1. The quantitative estimate of drug-likeness (QED) is 0.658. The van der Waals surface area contributed by atoms with Gasteiger partial charge in [0.15, 0.2) is 5.75 Å². The summed E-state index contributed by atoms with van der Waals surface area (Å²) < 4.78 is 5.83. The van der Waals surface area contributed by atoms with Crippen molar-refractivity contribution in [2.75, 3.05) is 5.73 Å². The predicted octanol–water partition coefficient (Wildman–Crippen LogP) is 2.38. The molecule has 4 heteroatoms. The number of nitrogens with zero attached hydrogens (tertiary/aromatic N) is 1. The van der Waals surface area contributed by atoms with Crippen molar-refractivity contribution in [2.24, 2.45) is 0 Å². The van der Waals surface area contributed by atoms with Crippen molar-refractivity contribution in [1.82, 2.24) is 4.98 Å². The maximum Gasteiger partial charge on any atom is 0.154 e. The highest BCUT2D eigenvalue weighted by Gasteiger charge is 2.23. The number of fused-ring (bicyclic) bond motifs is 1. The predicted molar refractivity (Wildman–Crippen MR) is 72.5 cm³/mol. The summed E-state index contributed by atoms with van der Waals surface area (Å²) in [5.74, 6) is 0.856. The lowest BCUT2D eigenvalue weighted by Gasteiger charge is -2.23. The van der Waals surface area contributed by atoms with E-state index in [1.807, 2.05) is 24.3 Å². The number of anilines is 1. The summed E-state index contributed by atoms with van der Waals surface area (Å²) in [6.07, 6.45) is 6.05. The molecule has 2 aromatic rings. The van der Waals surface area contributed by atoms with Crippen LogP contribution < -0.4 is 10.5 Å². The minimum atomic E-state index is -0.338. The highest BCUT2D eigenvalue weighted by atomic mass is 16.5. The zero-order chi connectivity index (χ0) is 13.2. The number of pyridine rings is 1. The number of rotatable bonds is 2. The van der Waals surface area contributed by atoms with E-state index in [0.717, 1.165) is 17.4 Å². The van der Waals surface area contributed by atoms with Crippen LogP contribution in [0.4, 0.5) is 5.69 Å². The monoisotopic (exact) mass is 252 g/mol. The first-order valence-corrected chi connectivity index (χ1v) is 5.93. The molecular formula is C15H12N2O2. The number of nitrogen functional groups attached to an aromatic ring is 1. The number of ether oxygens (including phenoxy) is 1. The Kier molecular flexibility index (Phi) is 2.76. The average molecular weight is 252 g/mol. The van der Waals surface area contributed by atoms with Gasteiger partial charge in [0.2, 0.25) is 0 Å². The van der Waals surface area contributed by atoms with Crippen molar-refractivity contribution in [3.8, 4) is 5.75 Å². The van der Waals surface area contributed by atoms with Crippen LogP contribution in [0.3, 0.4) is 0 Å². The minimum Gasteiger partial charge on any atom is -0.455 e. The largest absolute Gasteiger partial charge is 0.455 e. The van der Waals surface area contributed by atoms with Gasteiger partial charge in [0, 0.05) is 23.5 Å². The van der Waals surface area contributed by atoms with Crippen molar-refractivity contribution >= 4 is 17.7 Å². The molecule has 2 N–H and O–H groups in total. The number of hydrogen-bond donors (Lipinski definition) is 1. The van der Waals surface area contributed by atoms with Crippen molar-refractivity contribution in [1.29, 1.82) is 0 Å². The summed E-state index contributed by atoms with van der Waals surface area (Å²) in [6.45, 7) is 0. The van der Waals surface area contributed by atoms with Crippen LogP contribution in [0.25, 0.3) is 5.76 Å².